The molecule has 0 saturated carbocycles. The quantitative estimate of drug-likeness (QED) is 0.0346. The summed E-state index contributed by atoms with van der Waals surface area (Å²) < 4.78 is 16.8. The van der Waals surface area contributed by atoms with Crippen molar-refractivity contribution in [2.75, 3.05) is 13.2 Å². The minimum atomic E-state index is -0.759. The number of hydrogen-bond acceptors (Lipinski definition) is 6. The molecule has 6 heteroatoms. The molecule has 338 valence electrons. The van der Waals surface area contributed by atoms with E-state index in [0.717, 1.165) is 63.7 Å². The third-order valence-corrected chi connectivity index (χ3v) is 11.5. The van der Waals surface area contributed by atoms with Crippen molar-refractivity contribution in [3.8, 4) is 0 Å². The highest BCUT2D eigenvalue weighted by atomic mass is 16.6. The third-order valence-electron chi connectivity index (χ3n) is 11.5. The Hall–Kier alpha value is -1.59. The van der Waals surface area contributed by atoms with Gasteiger partial charge in [-0.3, -0.25) is 14.4 Å². The number of rotatable bonds is 46. The van der Waals surface area contributed by atoms with Gasteiger partial charge in [-0.2, -0.15) is 0 Å². The number of ether oxygens (including phenoxy) is 3. The Morgan fingerprint density at radius 3 is 0.860 bits per heavy atom. The monoisotopic (exact) mass is 807 g/mol. The molecule has 57 heavy (non-hydrogen) atoms. The summed E-state index contributed by atoms with van der Waals surface area (Å²) in [5.41, 5.74) is 0. The van der Waals surface area contributed by atoms with Gasteiger partial charge in [0.05, 0.1) is 0 Å². The predicted octanol–water partition coefficient (Wildman–Crippen LogP) is 16.3. The zero-order valence-electron chi connectivity index (χ0n) is 38.8. The second-order valence-electron chi connectivity index (χ2n) is 17.9. The lowest BCUT2D eigenvalue weighted by atomic mass is 10.0. The number of unbranched alkanes of at least 4 members (excludes halogenated alkanes) is 33. The van der Waals surface area contributed by atoms with E-state index in [1.807, 2.05) is 0 Å². The van der Waals surface area contributed by atoms with Gasteiger partial charge in [-0.15, -0.1) is 0 Å². The van der Waals surface area contributed by atoms with Crippen LogP contribution in [-0.2, 0) is 28.6 Å². The summed E-state index contributed by atoms with van der Waals surface area (Å²) in [6.07, 6.45) is 46.6. The van der Waals surface area contributed by atoms with Gasteiger partial charge < -0.3 is 14.2 Å². The van der Waals surface area contributed by atoms with E-state index in [0.29, 0.717) is 19.3 Å². The number of carbonyl (C=O) groups is 3. The summed E-state index contributed by atoms with van der Waals surface area (Å²) in [4.78, 5) is 37.8. The Balaban J connectivity index is 4.27. The van der Waals surface area contributed by atoms with E-state index in [2.05, 4.69) is 27.7 Å². The molecule has 0 aliphatic heterocycles. The lowest BCUT2D eigenvalue weighted by Gasteiger charge is -2.18. The van der Waals surface area contributed by atoms with Crippen LogP contribution < -0.4 is 0 Å². The van der Waals surface area contributed by atoms with Crippen molar-refractivity contribution in [3.05, 3.63) is 0 Å². The minimum Gasteiger partial charge on any atom is -0.462 e. The third kappa shape index (κ3) is 45.3. The first kappa shape index (κ1) is 55.4. The second-order valence-corrected chi connectivity index (χ2v) is 17.9. The smallest absolute Gasteiger partial charge is 0.306 e. The van der Waals surface area contributed by atoms with Crippen LogP contribution in [0.2, 0.25) is 0 Å². The van der Waals surface area contributed by atoms with Gasteiger partial charge in [0.2, 0.25) is 0 Å². The van der Waals surface area contributed by atoms with E-state index in [1.54, 1.807) is 0 Å². The first-order valence-electron chi connectivity index (χ1n) is 25.4. The highest BCUT2D eigenvalue weighted by molar-refractivity contribution is 5.71. The van der Waals surface area contributed by atoms with Crippen LogP contribution in [0.5, 0.6) is 0 Å². The van der Waals surface area contributed by atoms with Crippen molar-refractivity contribution in [2.45, 2.75) is 291 Å². The first-order chi connectivity index (χ1) is 27.9. The molecule has 0 N–H and O–H groups in total. The Morgan fingerprint density at radius 2 is 0.579 bits per heavy atom. The molecule has 0 aromatic rings. The largest absolute Gasteiger partial charge is 0.462 e. The summed E-state index contributed by atoms with van der Waals surface area (Å²) in [6, 6.07) is 0. The van der Waals surface area contributed by atoms with Crippen LogP contribution in [0.1, 0.15) is 285 Å². The fourth-order valence-electron chi connectivity index (χ4n) is 7.69. The van der Waals surface area contributed by atoms with Gasteiger partial charge in [-0.1, -0.05) is 246 Å². The van der Waals surface area contributed by atoms with E-state index >= 15 is 0 Å². The van der Waals surface area contributed by atoms with Crippen LogP contribution >= 0.6 is 0 Å². The first-order valence-corrected chi connectivity index (χ1v) is 25.4. The van der Waals surface area contributed by atoms with Crippen molar-refractivity contribution in [1.29, 1.82) is 0 Å². The average molecular weight is 807 g/mol. The van der Waals surface area contributed by atoms with Crippen LogP contribution in [0.25, 0.3) is 0 Å². The zero-order valence-corrected chi connectivity index (χ0v) is 38.8. The van der Waals surface area contributed by atoms with Gasteiger partial charge in [0.25, 0.3) is 0 Å². The van der Waals surface area contributed by atoms with E-state index in [4.69, 9.17) is 14.2 Å². The van der Waals surface area contributed by atoms with Gasteiger partial charge in [0, 0.05) is 19.3 Å². The Kier molecular flexibility index (Phi) is 44.2. The molecule has 0 unspecified atom stereocenters. The van der Waals surface area contributed by atoms with Gasteiger partial charge in [0.15, 0.2) is 6.10 Å². The lowest BCUT2D eigenvalue weighted by Crippen LogP contribution is -2.30. The van der Waals surface area contributed by atoms with Gasteiger partial charge in [-0.25, -0.2) is 0 Å². The van der Waals surface area contributed by atoms with E-state index in [9.17, 15) is 14.4 Å². The van der Waals surface area contributed by atoms with Crippen molar-refractivity contribution < 1.29 is 28.6 Å². The van der Waals surface area contributed by atoms with Crippen molar-refractivity contribution in [2.24, 2.45) is 5.92 Å². The van der Waals surface area contributed by atoms with Gasteiger partial charge >= 0.3 is 17.9 Å². The lowest BCUT2D eigenvalue weighted by molar-refractivity contribution is -0.167. The zero-order chi connectivity index (χ0) is 41.7. The van der Waals surface area contributed by atoms with Crippen molar-refractivity contribution in [1.82, 2.24) is 0 Å². The molecule has 0 aliphatic rings. The molecule has 0 fully saturated rings. The second kappa shape index (κ2) is 45.5. The predicted molar refractivity (Wildman–Crippen MR) is 243 cm³/mol. The topological polar surface area (TPSA) is 78.9 Å². The molecule has 6 nitrogen and oxygen atoms in total. The minimum absolute atomic E-state index is 0.0630. The Labute approximate surface area is 355 Å². The summed E-state index contributed by atoms with van der Waals surface area (Å²) >= 11 is 0. The standard InChI is InChI=1S/C51H98O6/c1-5-7-9-11-13-15-16-17-18-19-24-28-32-36-40-44-51(54)57-48(45-55-49(52)42-38-34-30-25-14-12-10-8-6-2)46-56-50(53)43-39-35-31-27-23-21-20-22-26-29-33-37-41-47(3)4/h47-48H,5-46H2,1-4H3/t48-/m0/s1. The summed E-state index contributed by atoms with van der Waals surface area (Å²) in [5, 5.41) is 0. The van der Waals surface area contributed by atoms with E-state index < -0.39 is 6.10 Å². The summed E-state index contributed by atoms with van der Waals surface area (Å²) in [5.74, 6) is -0.0141. The number of hydrogen-bond donors (Lipinski definition) is 0. The van der Waals surface area contributed by atoms with Gasteiger partial charge in [0.1, 0.15) is 13.2 Å². The molecule has 0 amide bonds. The van der Waals surface area contributed by atoms with Crippen LogP contribution in [0.4, 0.5) is 0 Å². The normalized spacial score (nSPS) is 11.9. The maximum absolute atomic E-state index is 12.8. The molecule has 0 aromatic heterocycles. The molecule has 0 rings (SSSR count). The molecule has 0 spiro atoms. The number of esters is 3. The highest BCUT2D eigenvalue weighted by Crippen LogP contribution is 2.17. The summed E-state index contributed by atoms with van der Waals surface area (Å²) in [7, 11) is 0. The molecule has 0 saturated heterocycles. The maximum atomic E-state index is 12.8. The number of carbonyl (C=O) groups excluding carboxylic acids is 3. The molecule has 0 aromatic carbocycles. The maximum Gasteiger partial charge on any atom is 0.306 e. The molecule has 0 aliphatic carbocycles. The van der Waals surface area contributed by atoms with Crippen LogP contribution in [0.3, 0.4) is 0 Å². The molecule has 1 atom stereocenters. The van der Waals surface area contributed by atoms with E-state index in [1.165, 1.54) is 180 Å². The van der Waals surface area contributed by atoms with Crippen LogP contribution in [0.15, 0.2) is 0 Å². The molecule has 0 bridgehead atoms. The van der Waals surface area contributed by atoms with Crippen molar-refractivity contribution >= 4 is 17.9 Å². The van der Waals surface area contributed by atoms with Crippen LogP contribution in [0, 0.1) is 5.92 Å². The fraction of sp³-hybridized carbons (Fsp3) is 0.941. The Morgan fingerprint density at radius 1 is 0.333 bits per heavy atom. The fourth-order valence-corrected chi connectivity index (χ4v) is 7.69. The molecular weight excluding hydrogens is 709 g/mol. The van der Waals surface area contributed by atoms with E-state index in [-0.39, 0.29) is 31.1 Å². The molecule has 0 heterocycles. The highest BCUT2D eigenvalue weighted by Gasteiger charge is 2.19. The van der Waals surface area contributed by atoms with Gasteiger partial charge in [-0.05, 0) is 25.2 Å². The van der Waals surface area contributed by atoms with Crippen molar-refractivity contribution in [3.63, 3.8) is 0 Å². The SMILES string of the molecule is CCCCCCCCCCCCCCCCCC(=O)O[C@@H](COC(=O)CCCCCCCCCCC)COC(=O)CCCCCCCCCCCCCCC(C)C. The molecular formula is C51H98O6. The average Bonchev–Trinajstić information content (AvgIpc) is 3.19. The Bertz CT molecular complexity index is 857. The van der Waals surface area contributed by atoms with Crippen LogP contribution in [-0.4, -0.2) is 37.2 Å². The summed E-state index contributed by atoms with van der Waals surface area (Å²) in [6.45, 7) is 9.01. The molecule has 0 radical (unpaired) electrons.